The molecule has 2 N–H and O–H groups in total. The van der Waals surface area contributed by atoms with Crippen molar-refractivity contribution in [2.45, 2.75) is 32.4 Å². The average molecular weight is 526 g/mol. The van der Waals surface area contributed by atoms with E-state index in [1.54, 1.807) is 6.07 Å². The van der Waals surface area contributed by atoms with Crippen molar-refractivity contribution in [3.63, 3.8) is 0 Å². The summed E-state index contributed by atoms with van der Waals surface area (Å²) in [6.45, 7) is 5.51. The van der Waals surface area contributed by atoms with E-state index in [1.807, 2.05) is 6.08 Å². The number of hydrogen-bond acceptors (Lipinski definition) is 4. The Hall–Kier alpha value is -2.93. The molecule has 0 radical (unpaired) electrons. The Balaban J connectivity index is 1.31. The van der Waals surface area contributed by atoms with Crippen LogP contribution in [0.25, 0.3) is 0 Å². The van der Waals surface area contributed by atoms with Crippen molar-refractivity contribution in [2.75, 3.05) is 19.6 Å². The molecule has 0 aliphatic carbocycles. The molecule has 36 heavy (non-hydrogen) atoms. The summed E-state index contributed by atoms with van der Waals surface area (Å²) in [5, 5.41) is 12.5. The summed E-state index contributed by atoms with van der Waals surface area (Å²) >= 11 is 12.2. The standard InChI is InChI=1S/C28H29Cl2N3O3/c1-18-5-7-19(8-6-18)17-33-13-11-20(12-14-33)21-9-10-22(31-16-21)15-25(28(35)36)32-27(34)26-23(29)3-2-4-24(26)30/h2-11,21,25H,12-17H2,1H3,(H,32,34)(H,35,36)/t21-,25-/m0/s1. The van der Waals surface area contributed by atoms with Crippen molar-refractivity contribution in [1.29, 1.82) is 0 Å². The van der Waals surface area contributed by atoms with Gasteiger partial charge in [0.25, 0.3) is 5.91 Å². The number of allylic oxidation sites excluding steroid dienone is 1. The molecule has 6 nitrogen and oxygen atoms in total. The Morgan fingerprint density at radius 1 is 1.17 bits per heavy atom. The maximum Gasteiger partial charge on any atom is 0.326 e. The second kappa shape index (κ2) is 11.9. The number of carbonyl (C=O) groups excluding carboxylic acids is 1. The first-order chi connectivity index (χ1) is 17.3. The first kappa shape index (κ1) is 26.1. The first-order valence-corrected chi connectivity index (χ1v) is 12.7. The van der Waals surface area contributed by atoms with Gasteiger partial charge in [-0.05, 0) is 37.1 Å². The van der Waals surface area contributed by atoms with Crippen molar-refractivity contribution in [1.82, 2.24) is 10.2 Å². The van der Waals surface area contributed by atoms with Gasteiger partial charge in [-0.3, -0.25) is 14.7 Å². The van der Waals surface area contributed by atoms with E-state index < -0.39 is 17.9 Å². The van der Waals surface area contributed by atoms with Crippen LogP contribution in [0.1, 0.15) is 34.3 Å². The van der Waals surface area contributed by atoms with Crippen LogP contribution in [0.15, 0.2) is 71.3 Å². The molecule has 0 bridgehead atoms. The molecule has 0 unspecified atom stereocenters. The van der Waals surface area contributed by atoms with E-state index in [0.717, 1.165) is 26.1 Å². The summed E-state index contributed by atoms with van der Waals surface area (Å²) in [6, 6.07) is 12.2. The van der Waals surface area contributed by atoms with Gasteiger partial charge in [-0.15, -0.1) is 0 Å². The van der Waals surface area contributed by atoms with Crippen LogP contribution in [-0.4, -0.2) is 53.3 Å². The Morgan fingerprint density at radius 3 is 2.47 bits per heavy atom. The topological polar surface area (TPSA) is 82.0 Å². The number of halogens is 2. The van der Waals surface area contributed by atoms with Crippen LogP contribution >= 0.6 is 23.2 Å². The second-order valence-corrected chi connectivity index (χ2v) is 10.0. The van der Waals surface area contributed by atoms with Crippen LogP contribution in [0.2, 0.25) is 10.0 Å². The van der Waals surface area contributed by atoms with Gasteiger partial charge in [-0.1, -0.05) is 76.8 Å². The van der Waals surface area contributed by atoms with Gasteiger partial charge in [0.05, 0.1) is 15.6 Å². The number of rotatable bonds is 8. The van der Waals surface area contributed by atoms with Crippen LogP contribution in [0.4, 0.5) is 0 Å². The van der Waals surface area contributed by atoms with Crippen LogP contribution in [-0.2, 0) is 11.3 Å². The van der Waals surface area contributed by atoms with Crippen molar-refractivity contribution in [2.24, 2.45) is 10.9 Å². The summed E-state index contributed by atoms with van der Waals surface area (Å²) in [7, 11) is 0. The lowest BCUT2D eigenvalue weighted by atomic mass is 9.90. The molecule has 0 spiro atoms. The zero-order valence-electron chi connectivity index (χ0n) is 20.1. The van der Waals surface area contributed by atoms with Gasteiger partial charge in [0.15, 0.2) is 0 Å². The molecule has 188 valence electrons. The highest BCUT2D eigenvalue weighted by Crippen LogP contribution is 2.26. The van der Waals surface area contributed by atoms with E-state index >= 15 is 0 Å². The molecule has 2 heterocycles. The predicted octanol–water partition coefficient (Wildman–Crippen LogP) is 5.33. The summed E-state index contributed by atoms with van der Waals surface area (Å²) < 4.78 is 0. The van der Waals surface area contributed by atoms with Crippen molar-refractivity contribution in [3.05, 3.63) is 93.0 Å². The maximum atomic E-state index is 12.6. The number of nitrogens with one attached hydrogen (secondary N) is 1. The van der Waals surface area contributed by atoms with Crippen LogP contribution in [0, 0.1) is 12.8 Å². The van der Waals surface area contributed by atoms with E-state index in [1.165, 1.54) is 28.8 Å². The average Bonchev–Trinajstić information content (AvgIpc) is 2.86. The largest absolute Gasteiger partial charge is 0.480 e. The second-order valence-electron chi connectivity index (χ2n) is 9.21. The van der Waals surface area contributed by atoms with Gasteiger partial charge in [0, 0.05) is 44.2 Å². The third kappa shape index (κ3) is 6.64. The predicted molar refractivity (Wildman–Crippen MR) is 144 cm³/mol. The zero-order chi connectivity index (χ0) is 25.7. The normalized spacial score (nSPS) is 18.8. The summed E-state index contributed by atoms with van der Waals surface area (Å²) in [5.74, 6) is -1.55. The Kier molecular flexibility index (Phi) is 8.62. The quantitative estimate of drug-likeness (QED) is 0.456. The molecule has 2 atom stereocenters. The number of hydrogen-bond donors (Lipinski definition) is 2. The molecule has 2 aromatic carbocycles. The van der Waals surface area contributed by atoms with Crippen molar-refractivity contribution >= 4 is 40.8 Å². The highest BCUT2D eigenvalue weighted by molar-refractivity contribution is 6.39. The minimum absolute atomic E-state index is 0.0638. The summed E-state index contributed by atoms with van der Waals surface area (Å²) in [6.07, 6.45) is 7.32. The highest BCUT2D eigenvalue weighted by atomic mass is 35.5. The monoisotopic (exact) mass is 525 g/mol. The van der Waals surface area contributed by atoms with E-state index in [-0.39, 0.29) is 27.9 Å². The number of aliphatic imine (C=N–C) groups is 1. The molecule has 0 saturated carbocycles. The summed E-state index contributed by atoms with van der Waals surface area (Å²) in [5.41, 5.74) is 4.66. The Labute approximate surface area is 221 Å². The number of benzene rings is 2. The highest BCUT2D eigenvalue weighted by Gasteiger charge is 2.26. The Bertz CT molecular complexity index is 1200. The van der Waals surface area contributed by atoms with E-state index in [9.17, 15) is 14.7 Å². The molecular formula is C28H29Cl2N3O3. The molecule has 4 rings (SSSR count). The van der Waals surface area contributed by atoms with Crippen LogP contribution in [0.3, 0.4) is 0 Å². The minimum Gasteiger partial charge on any atom is -0.480 e. The van der Waals surface area contributed by atoms with Gasteiger partial charge >= 0.3 is 5.97 Å². The molecule has 2 aliphatic rings. The lowest BCUT2D eigenvalue weighted by Crippen LogP contribution is -2.42. The molecule has 1 amide bonds. The molecule has 0 aromatic heterocycles. The molecular weight excluding hydrogens is 497 g/mol. The van der Waals surface area contributed by atoms with Gasteiger partial charge in [0.1, 0.15) is 6.04 Å². The molecule has 8 heteroatoms. The molecule has 2 aromatic rings. The molecule has 0 fully saturated rings. The number of nitrogens with zero attached hydrogens (tertiary/aromatic N) is 2. The van der Waals surface area contributed by atoms with Crippen LogP contribution < -0.4 is 5.32 Å². The maximum absolute atomic E-state index is 12.6. The number of aryl methyl sites for hydroxylation is 1. The van der Waals surface area contributed by atoms with Crippen LogP contribution in [0.5, 0.6) is 0 Å². The molecule has 0 saturated heterocycles. The van der Waals surface area contributed by atoms with Crippen molar-refractivity contribution in [3.8, 4) is 0 Å². The number of carboxylic acids is 1. The minimum atomic E-state index is -1.14. The van der Waals surface area contributed by atoms with Crippen molar-refractivity contribution < 1.29 is 14.7 Å². The number of carboxylic acid groups (broad SMARTS) is 1. The zero-order valence-corrected chi connectivity index (χ0v) is 21.6. The lowest BCUT2D eigenvalue weighted by molar-refractivity contribution is -0.139. The smallest absolute Gasteiger partial charge is 0.326 e. The SMILES string of the molecule is Cc1ccc(CN2CC=C([C@H]3C=CC(C[C@H](NC(=O)c4c(Cl)cccc4Cl)C(=O)O)=NC3)CC2)cc1. The van der Waals surface area contributed by atoms with Gasteiger partial charge in [-0.2, -0.15) is 0 Å². The van der Waals surface area contributed by atoms with E-state index in [2.05, 4.69) is 58.6 Å². The fourth-order valence-corrected chi connectivity index (χ4v) is 5.01. The Morgan fingerprint density at radius 2 is 1.89 bits per heavy atom. The van der Waals surface area contributed by atoms with Gasteiger partial charge in [0.2, 0.25) is 0 Å². The van der Waals surface area contributed by atoms with E-state index in [4.69, 9.17) is 23.2 Å². The fraction of sp³-hybridized carbons (Fsp3) is 0.321. The van der Waals surface area contributed by atoms with Gasteiger partial charge in [-0.25, -0.2) is 4.79 Å². The third-order valence-corrected chi connectivity index (χ3v) is 7.18. The number of carbonyl (C=O) groups is 2. The third-order valence-electron chi connectivity index (χ3n) is 6.55. The fourth-order valence-electron chi connectivity index (χ4n) is 4.44. The molecule has 2 aliphatic heterocycles. The van der Waals surface area contributed by atoms with Gasteiger partial charge < -0.3 is 10.4 Å². The number of dihydropyridines is 1. The number of aliphatic carboxylic acids is 1. The number of amides is 1. The summed E-state index contributed by atoms with van der Waals surface area (Å²) in [4.78, 5) is 31.5. The first-order valence-electron chi connectivity index (χ1n) is 12.0. The van der Waals surface area contributed by atoms with E-state index in [0.29, 0.717) is 12.3 Å². The lowest BCUT2D eigenvalue weighted by Gasteiger charge is -2.29.